The summed E-state index contributed by atoms with van der Waals surface area (Å²) >= 11 is 0. The monoisotopic (exact) mass is 404 g/mol. The zero-order valence-corrected chi connectivity index (χ0v) is 19.2. The van der Waals surface area contributed by atoms with E-state index in [1.54, 1.807) is 0 Å². The lowest BCUT2D eigenvalue weighted by atomic mass is 9.41. The van der Waals surface area contributed by atoms with Crippen molar-refractivity contribution in [1.29, 1.82) is 0 Å². The lowest BCUT2D eigenvalue weighted by molar-refractivity contribution is -0.194. The summed E-state index contributed by atoms with van der Waals surface area (Å²) in [6.07, 6.45) is 12.5. The number of hydrogen-bond donors (Lipinski definition) is 2. The van der Waals surface area contributed by atoms with Gasteiger partial charge in [0.25, 0.3) is 0 Å². The van der Waals surface area contributed by atoms with Crippen LogP contribution in [0.3, 0.4) is 0 Å². The molecule has 4 fully saturated rings. The van der Waals surface area contributed by atoms with Crippen LogP contribution in [0, 0.1) is 52.3 Å². The Morgan fingerprint density at radius 1 is 1.00 bits per heavy atom. The van der Waals surface area contributed by atoms with Crippen molar-refractivity contribution in [3.8, 4) is 0 Å². The SMILES string of the molecule is CC[C@H]1[C@H](O)[C@@H]2[C@H](CC[C@]3(C)[C@@H]([C@H](C)CCC(=O)O)CC[C@@H]23)[C@@]2(C)CCCC[C@@H]12. The summed E-state index contributed by atoms with van der Waals surface area (Å²) in [5.74, 6) is 3.41. The number of rotatable bonds is 5. The number of fused-ring (bicyclic) bond motifs is 5. The number of hydrogen-bond acceptors (Lipinski definition) is 2. The van der Waals surface area contributed by atoms with Gasteiger partial charge in [-0.1, -0.05) is 47.0 Å². The van der Waals surface area contributed by atoms with Gasteiger partial charge >= 0.3 is 5.97 Å². The maximum absolute atomic E-state index is 11.7. The van der Waals surface area contributed by atoms with Gasteiger partial charge in [-0.2, -0.15) is 0 Å². The van der Waals surface area contributed by atoms with Crippen molar-refractivity contribution in [3.63, 3.8) is 0 Å². The molecule has 4 aliphatic carbocycles. The minimum atomic E-state index is -0.662. The molecule has 4 rings (SSSR count). The van der Waals surface area contributed by atoms with Crippen LogP contribution in [0.1, 0.15) is 98.3 Å². The van der Waals surface area contributed by atoms with Crippen molar-refractivity contribution >= 4 is 5.97 Å². The molecule has 0 aromatic rings. The van der Waals surface area contributed by atoms with E-state index in [-0.39, 0.29) is 11.5 Å². The topological polar surface area (TPSA) is 57.5 Å². The highest BCUT2D eigenvalue weighted by Gasteiger charge is 2.64. The first-order chi connectivity index (χ1) is 13.7. The van der Waals surface area contributed by atoms with E-state index in [1.165, 1.54) is 51.4 Å². The van der Waals surface area contributed by atoms with Crippen LogP contribution >= 0.6 is 0 Å². The minimum Gasteiger partial charge on any atom is -0.481 e. The van der Waals surface area contributed by atoms with Gasteiger partial charge in [-0.3, -0.25) is 4.79 Å². The maximum atomic E-state index is 11.7. The van der Waals surface area contributed by atoms with Crippen LogP contribution in [-0.4, -0.2) is 22.3 Å². The Balaban J connectivity index is 1.61. The number of carboxylic acid groups (broad SMARTS) is 1. The number of carboxylic acids is 1. The first-order valence-electron chi connectivity index (χ1n) is 12.6. The Hall–Kier alpha value is -0.570. The third-order valence-electron chi connectivity index (χ3n) is 10.9. The van der Waals surface area contributed by atoms with Gasteiger partial charge in [0.1, 0.15) is 0 Å². The molecule has 0 aromatic carbocycles. The Bertz CT molecular complexity index is 617. The van der Waals surface area contributed by atoms with Crippen molar-refractivity contribution in [1.82, 2.24) is 0 Å². The van der Waals surface area contributed by atoms with Gasteiger partial charge in [-0.25, -0.2) is 0 Å². The smallest absolute Gasteiger partial charge is 0.303 e. The van der Waals surface area contributed by atoms with E-state index < -0.39 is 5.97 Å². The molecule has 0 spiro atoms. The highest BCUT2D eigenvalue weighted by molar-refractivity contribution is 5.66. The van der Waals surface area contributed by atoms with Crippen LogP contribution in [0.2, 0.25) is 0 Å². The highest BCUT2D eigenvalue weighted by Crippen LogP contribution is 2.69. The molecule has 0 aliphatic heterocycles. The predicted octanol–water partition coefficient (Wildman–Crippen LogP) is 6.14. The zero-order valence-electron chi connectivity index (χ0n) is 19.2. The van der Waals surface area contributed by atoms with Gasteiger partial charge in [0, 0.05) is 6.42 Å². The van der Waals surface area contributed by atoms with Crippen LogP contribution < -0.4 is 0 Å². The van der Waals surface area contributed by atoms with E-state index in [4.69, 9.17) is 5.11 Å². The Labute approximate surface area is 178 Å². The first-order valence-corrected chi connectivity index (χ1v) is 12.6. The van der Waals surface area contributed by atoms with Crippen molar-refractivity contribution in [2.24, 2.45) is 52.3 Å². The van der Waals surface area contributed by atoms with Crippen molar-refractivity contribution in [2.75, 3.05) is 0 Å². The quantitative estimate of drug-likeness (QED) is 0.578. The second kappa shape index (κ2) is 7.84. The van der Waals surface area contributed by atoms with Crippen LogP contribution in [0.15, 0.2) is 0 Å². The second-order valence-corrected chi connectivity index (χ2v) is 11.8. The molecule has 29 heavy (non-hydrogen) atoms. The predicted molar refractivity (Wildman–Crippen MR) is 116 cm³/mol. The normalized spacial score (nSPS) is 50.3. The summed E-state index contributed by atoms with van der Waals surface area (Å²) in [5, 5.41) is 20.9. The van der Waals surface area contributed by atoms with E-state index in [0.717, 1.165) is 12.8 Å². The van der Waals surface area contributed by atoms with Gasteiger partial charge in [-0.05, 0) is 97.2 Å². The van der Waals surface area contributed by atoms with Gasteiger partial charge in [0.15, 0.2) is 0 Å². The molecular formula is C26H44O3. The number of aliphatic carboxylic acids is 1. The molecule has 0 saturated heterocycles. The molecule has 3 nitrogen and oxygen atoms in total. The van der Waals surface area contributed by atoms with Crippen LogP contribution in [0.5, 0.6) is 0 Å². The van der Waals surface area contributed by atoms with Gasteiger partial charge in [0.05, 0.1) is 6.10 Å². The van der Waals surface area contributed by atoms with Crippen LogP contribution in [0.4, 0.5) is 0 Å². The lowest BCUT2D eigenvalue weighted by Gasteiger charge is -2.64. The summed E-state index contributed by atoms with van der Waals surface area (Å²) < 4.78 is 0. The summed E-state index contributed by atoms with van der Waals surface area (Å²) in [6, 6.07) is 0. The molecule has 3 heteroatoms. The largest absolute Gasteiger partial charge is 0.481 e. The fourth-order valence-electron chi connectivity index (χ4n) is 9.57. The standard InChI is InChI=1S/C26H44O3/c1-5-17-19-8-6-7-14-25(19,3)21-13-15-26(4)18(16(2)9-12-22(27)28)10-11-20(26)23(21)24(17)29/h16-21,23-24,29H,5-15H2,1-4H3,(H,27,28)/t16-,17-,18-,19+,20+,21+,23+,24+,25+,26-/m1/s1. The summed E-state index contributed by atoms with van der Waals surface area (Å²) in [6.45, 7) is 9.69. The molecule has 4 saturated carbocycles. The molecule has 166 valence electrons. The van der Waals surface area contributed by atoms with Crippen molar-refractivity contribution < 1.29 is 15.0 Å². The molecule has 0 aromatic heterocycles. The highest BCUT2D eigenvalue weighted by atomic mass is 16.4. The van der Waals surface area contributed by atoms with E-state index in [0.29, 0.717) is 53.3 Å². The fraction of sp³-hybridized carbons (Fsp3) is 0.962. The molecule has 0 amide bonds. The average Bonchev–Trinajstić information content (AvgIpc) is 3.04. The van der Waals surface area contributed by atoms with Crippen molar-refractivity contribution in [2.45, 2.75) is 104 Å². The minimum absolute atomic E-state index is 0.126. The molecule has 4 aliphatic rings. The lowest BCUT2D eigenvalue weighted by Crippen LogP contribution is -2.61. The molecule has 0 bridgehead atoms. The summed E-state index contributed by atoms with van der Waals surface area (Å²) in [7, 11) is 0. The maximum Gasteiger partial charge on any atom is 0.303 e. The molecule has 2 N–H and O–H groups in total. The van der Waals surface area contributed by atoms with E-state index in [1.807, 2.05) is 0 Å². The van der Waals surface area contributed by atoms with Crippen LogP contribution in [-0.2, 0) is 4.79 Å². The molecule has 0 unspecified atom stereocenters. The Morgan fingerprint density at radius 2 is 1.72 bits per heavy atom. The summed E-state index contributed by atoms with van der Waals surface area (Å²) in [4.78, 5) is 11.1. The van der Waals surface area contributed by atoms with Crippen molar-refractivity contribution in [3.05, 3.63) is 0 Å². The number of aliphatic hydroxyl groups is 1. The fourth-order valence-corrected chi connectivity index (χ4v) is 9.57. The molecule has 0 heterocycles. The number of carbonyl (C=O) groups is 1. The average molecular weight is 405 g/mol. The first kappa shape index (κ1) is 21.7. The molecular weight excluding hydrogens is 360 g/mol. The molecule has 0 radical (unpaired) electrons. The third-order valence-corrected chi connectivity index (χ3v) is 10.9. The summed E-state index contributed by atoms with van der Waals surface area (Å²) in [5.41, 5.74) is 0.716. The number of aliphatic hydroxyl groups excluding tert-OH is 1. The van der Waals surface area contributed by atoms with E-state index in [2.05, 4.69) is 27.7 Å². The van der Waals surface area contributed by atoms with Crippen LogP contribution in [0.25, 0.3) is 0 Å². The molecule has 10 atom stereocenters. The Kier molecular flexibility index (Phi) is 5.86. The van der Waals surface area contributed by atoms with E-state index in [9.17, 15) is 9.90 Å². The zero-order chi connectivity index (χ0) is 21.0. The third kappa shape index (κ3) is 3.29. The van der Waals surface area contributed by atoms with Gasteiger partial charge in [0.2, 0.25) is 0 Å². The van der Waals surface area contributed by atoms with Gasteiger partial charge < -0.3 is 10.2 Å². The van der Waals surface area contributed by atoms with E-state index >= 15 is 0 Å². The van der Waals surface area contributed by atoms with Gasteiger partial charge in [-0.15, -0.1) is 0 Å². The second-order valence-electron chi connectivity index (χ2n) is 11.8. The Morgan fingerprint density at radius 3 is 2.41 bits per heavy atom.